The van der Waals surface area contributed by atoms with Crippen LogP contribution in [0, 0.1) is 13.8 Å². The van der Waals surface area contributed by atoms with Gasteiger partial charge in [-0.1, -0.05) is 30.3 Å². The molecule has 0 aliphatic heterocycles. The molecular weight excluding hydrogens is 358 g/mol. The molecule has 4 nitrogen and oxygen atoms in total. The molecule has 0 unspecified atom stereocenters. The van der Waals surface area contributed by atoms with Crippen molar-refractivity contribution in [2.75, 3.05) is 7.05 Å². The first kappa shape index (κ1) is 19.4. The van der Waals surface area contributed by atoms with Crippen molar-refractivity contribution in [3.05, 3.63) is 83.2 Å². The Bertz CT molecular complexity index is 967. The maximum atomic E-state index is 13.0. The fraction of sp³-hybridized carbons (Fsp3) is 0.360. The van der Waals surface area contributed by atoms with E-state index in [1.807, 2.05) is 54.7 Å². The minimum absolute atomic E-state index is 0.105. The number of aromatic nitrogens is 2. The lowest BCUT2D eigenvalue weighted by atomic mass is 9.81. The van der Waals surface area contributed by atoms with Gasteiger partial charge in [-0.2, -0.15) is 5.10 Å². The molecule has 29 heavy (non-hydrogen) atoms. The summed E-state index contributed by atoms with van der Waals surface area (Å²) in [6.07, 6.45) is 4.41. The van der Waals surface area contributed by atoms with Gasteiger partial charge in [0.05, 0.1) is 11.4 Å². The van der Waals surface area contributed by atoms with Gasteiger partial charge in [-0.15, -0.1) is 0 Å². The Balaban J connectivity index is 1.40. The molecule has 4 rings (SSSR count). The summed E-state index contributed by atoms with van der Waals surface area (Å²) < 4.78 is 1.91. The molecule has 4 heteroatoms. The zero-order valence-electron chi connectivity index (χ0n) is 17.5. The molecule has 1 amide bonds. The van der Waals surface area contributed by atoms with E-state index in [0.29, 0.717) is 12.0 Å². The fourth-order valence-electron chi connectivity index (χ4n) is 4.53. The number of benzene rings is 2. The van der Waals surface area contributed by atoms with Gasteiger partial charge in [0.15, 0.2) is 0 Å². The Hall–Kier alpha value is -2.88. The average Bonchev–Trinajstić information content (AvgIpc) is 3.11. The Labute approximate surface area is 173 Å². The lowest BCUT2D eigenvalue weighted by Gasteiger charge is -2.35. The van der Waals surface area contributed by atoms with Gasteiger partial charge in [-0.3, -0.25) is 4.79 Å². The Kier molecular flexibility index (Phi) is 5.52. The topological polar surface area (TPSA) is 38.1 Å². The molecule has 0 N–H and O–H groups in total. The molecule has 1 aliphatic carbocycles. The van der Waals surface area contributed by atoms with E-state index in [1.165, 1.54) is 5.56 Å². The standard InChI is InChI=1S/C25H29N3O/c1-18-17-19(2)28(26-18)24-15-11-22(12-16-24)25(29)27(3)23-13-9-21(10-14-23)20-7-5-4-6-8-20/h4-8,11-12,15-17,21,23H,9-10,13-14H2,1-3H3. The zero-order valence-corrected chi connectivity index (χ0v) is 17.5. The number of hydrogen-bond donors (Lipinski definition) is 0. The predicted octanol–water partition coefficient (Wildman–Crippen LogP) is 5.29. The minimum Gasteiger partial charge on any atom is -0.339 e. The Morgan fingerprint density at radius 1 is 0.966 bits per heavy atom. The summed E-state index contributed by atoms with van der Waals surface area (Å²) in [5, 5.41) is 4.52. The maximum absolute atomic E-state index is 13.0. The first-order chi connectivity index (χ1) is 14.0. The molecule has 1 aliphatic rings. The third-order valence-electron chi connectivity index (χ3n) is 6.20. The number of aryl methyl sites for hydroxylation is 2. The molecule has 0 saturated heterocycles. The SMILES string of the molecule is Cc1cc(C)n(-c2ccc(C(=O)N(C)C3CCC(c4ccccc4)CC3)cc2)n1. The summed E-state index contributed by atoms with van der Waals surface area (Å²) >= 11 is 0. The summed E-state index contributed by atoms with van der Waals surface area (Å²) in [4.78, 5) is 15.0. The van der Waals surface area contributed by atoms with Gasteiger partial charge in [0.25, 0.3) is 5.91 Å². The van der Waals surface area contributed by atoms with Crippen molar-refractivity contribution in [3.8, 4) is 5.69 Å². The van der Waals surface area contributed by atoms with Crippen molar-refractivity contribution in [2.24, 2.45) is 0 Å². The van der Waals surface area contributed by atoms with Gasteiger partial charge >= 0.3 is 0 Å². The molecule has 1 fully saturated rings. The van der Waals surface area contributed by atoms with Crippen molar-refractivity contribution < 1.29 is 4.79 Å². The highest BCUT2D eigenvalue weighted by molar-refractivity contribution is 5.94. The van der Waals surface area contributed by atoms with Crippen LogP contribution in [0.3, 0.4) is 0 Å². The van der Waals surface area contributed by atoms with Gasteiger partial charge in [-0.25, -0.2) is 4.68 Å². The predicted molar refractivity (Wildman–Crippen MR) is 117 cm³/mol. The van der Waals surface area contributed by atoms with E-state index >= 15 is 0 Å². The van der Waals surface area contributed by atoms with Crippen LogP contribution in [-0.4, -0.2) is 33.7 Å². The van der Waals surface area contributed by atoms with Gasteiger partial charge < -0.3 is 4.90 Å². The van der Waals surface area contributed by atoms with E-state index in [0.717, 1.165) is 48.3 Å². The van der Waals surface area contributed by atoms with Crippen LogP contribution in [0.25, 0.3) is 5.69 Å². The molecule has 1 aromatic heterocycles. The highest BCUT2D eigenvalue weighted by atomic mass is 16.2. The van der Waals surface area contributed by atoms with Crippen molar-refractivity contribution >= 4 is 5.91 Å². The third kappa shape index (κ3) is 4.12. The second-order valence-corrected chi connectivity index (χ2v) is 8.22. The number of carbonyl (C=O) groups is 1. The van der Waals surface area contributed by atoms with Crippen molar-refractivity contribution in [2.45, 2.75) is 51.5 Å². The molecule has 1 saturated carbocycles. The third-order valence-corrected chi connectivity index (χ3v) is 6.20. The molecule has 0 atom stereocenters. The van der Waals surface area contributed by atoms with Crippen molar-refractivity contribution in [3.63, 3.8) is 0 Å². The quantitative estimate of drug-likeness (QED) is 0.610. The summed E-state index contributed by atoms with van der Waals surface area (Å²) in [6, 6.07) is 20.9. The summed E-state index contributed by atoms with van der Waals surface area (Å²) in [5.41, 5.74) is 5.24. The summed E-state index contributed by atoms with van der Waals surface area (Å²) in [5.74, 6) is 0.726. The summed E-state index contributed by atoms with van der Waals surface area (Å²) in [6.45, 7) is 4.03. The number of hydrogen-bond acceptors (Lipinski definition) is 2. The van der Waals surface area contributed by atoms with Crippen LogP contribution < -0.4 is 0 Å². The van der Waals surface area contributed by atoms with E-state index in [9.17, 15) is 4.79 Å². The monoisotopic (exact) mass is 387 g/mol. The van der Waals surface area contributed by atoms with E-state index in [2.05, 4.69) is 41.5 Å². The van der Waals surface area contributed by atoms with Crippen LogP contribution >= 0.6 is 0 Å². The van der Waals surface area contributed by atoms with Crippen molar-refractivity contribution in [1.29, 1.82) is 0 Å². The van der Waals surface area contributed by atoms with Crippen LogP contribution in [0.5, 0.6) is 0 Å². The van der Waals surface area contributed by atoms with Gasteiger partial charge in [0.2, 0.25) is 0 Å². The van der Waals surface area contributed by atoms with Crippen LogP contribution in [0.1, 0.15) is 58.9 Å². The molecule has 3 aromatic rings. The number of nitrogens with zero attached hydrogens (tertiary/aromatic N) is 3. The highest BCUT2D eigenvalue weighted by Crippen LogP contribution is 2.34. The molecule has 2 aromatic carbocycles. The number of carbonyl (C=O) groups excluding carboxylic acids is 1. The number of amides is 1. The molecule has 1 heterocycles. The second-order valence-electron chi connectivity index (χ2n) is 8.22. The van der Waals surface area contributed by atoms with Gasteiger partial charge in [0.1, 0.15) is 0 Å². The van der Waals surface area contributed by atoms with Crippen LogP contribution in [0.4, 0.5) is 0 Å². The smallest absolute Gasteiger partial charge is 0.253 e. The van der Waals surface area contributed by atoms with Crippen molar-refractivity contribution in [1.82, 2.24) is 14.7 Å². The maximum Gasteiger partial charge on any atom is 0.253 e. The lowest BCUT2D eigenvalue weighted by molar-refractivity contribution is 0.0689. The molecule has 0 radical (unpaired) electrons. The lowest BCUT2D eigenvalue weighted by Crippen LogP contribution is -2.39. The zero-order chi connectivity index (χ0) is 20.4. The molecule has 150 valence electrons. The largest absolute Gasteiger partial charge is 0.339 e. The average molecular weight is 388 g/mol. The summed E-state index contributed by atoms with van der Waals surface area (Å²) in [7, 11) is 1.95. The highest BCUT2D eigenvalue weighted by Gasteiger charge is 2.27. The fourth-order valence-corrected chi connectivity index (χ4v) is 4.53. The molecule has 0 bridgehead atoms. The number of rotatable bonds is 4. The minimum atomic E-state index is 0.105. The molecule has 0 spiro atoms. The van der Waals surface area contributed by atoms with E-state index in [1.54, 1.807) is 0 Å². The second kappa shape index (κ2) is 8.24. The Morgan fingerprint density at radius 2 is 1.62 bits per heavy atom. The first-order valence-corrected chi connectivity index (χ1v) is 10.5. The van der Waals surface area contributed by atoms with E-state index < -0.39 is 0 Å². The van der Waals surface area contributed by atoms with Crippen LogP contribution in [0.2, 0.25) is 0 Å². The normalized spacial score (nSPS) is 19.1. The van der Waals surface area contributed by atoms with E-state index in [-0.39, 0.29) is 5.91 Å². The van der Waals surface area contributed by atoms with Gasteiger partial charge in [0, 0.05) is 24.3 Å². The van der Waals surface area contributed by atoms with Crippen LogP contribution in [-0.2, 0) is 0 Å². The van der Waals surface area contributed by atoms with Crippen LogP contribution in [0.15, 0.2) is 60.7 Å². The molecular formula is C25H29N3O. The van der Waals surface area contributed by atoms with E-state index in [4.69, 9.17) is 0 Å². The van der Waals surface area contributed by atoms with Gasteiger partial charge in [-0.05, 0) is 81.3 Å². The Morgan fingerprint density at radius 3 is 2.21 bits per heavy atom. The first-order valence-electron chi connectivity index (χ1n) is 10.5.